The predicted molar refractivity (Wildman–Crippen MR) is 93.7 cm³/mol. The van der Waals surface area contributed by atoms with Crippen LogP contribution in [0, 0.1) is 13.8 Å². The number of halogens is 3. The van der Waals surface area contributed by atoms with Crippen molar-refractivity contribution in [2.75, 3.05) is 11.1 Å². The minimum atomic E-state index is -4.61. The van der Waals surface area contributed by atoms with Crippen molar-refractivity contribution < 1.29 is 26.4 Å². The summed E-state index contributed by atoms with van der Waals surface area (Å²) in [5.74, 6) is -0.825. The van der Waals surface area contributed by atoms with Crippen molar-refractivity contribution in [3.63, 3.8) is 0 Å². The molecule has 2 rings (SSSR count). The van der Waals surface area contributed by atoms with Crippen molar-refractivity contribution in [2.45, 2.75) is 30.1 Å². The van der Waals surface area contributed by atoms with E-state index in [-0.39, 0.29) is 21.5 Å². The third-order valence-electron chi connectivity index (χ3n) is 3.50. The number of aryl methyl sites for hydroxylation is 1. The molecule has 0 unspecified atom stereocenters. The van der Waals surface area contributed by atoms with Gasteiger partial charge in [0.05, 0.1) is 10.6 Å². The molecular formula is C15H15F3N4O3S2. The number of amides is 1. The quantitative estimate of drug-likeness (QED) is 0.567. The number of anilines is 1. The number of alkyl halides is 3. The Bertz CT molecular complexity index is 979. The summed E-state index contributed by atoms with van der Waals surface area (Å²) in [7, 11) is -3.96. The van der Waals surface area contributed by atoms with Gasteiger partial charge in [-0.2, -0.15) is 13.2 Å². The number of carbonyl (C=O) groups excluding carboxylic acids is 1. The number of hydrogen-bond acceptors (Lipinski definition) is 6. The lowest BCUT2D eigenvalue weighted by atomic mass is 10.1. The maximum atomic E-state index is 12.6. The molecule has 146 valence electrons. The fraction of sp³-hybridized carbons (Fsp3) is 0.267. The van der Waals surface area contributed by atoms with E-state index in [1.54, 1.807) is 13.8 Å². The summed E-state index contributed by atoms with van der Waals surface area (Å²) in [6, 6.07) is 3.33. The number of carbonyl (C=O) groups is 1. The van der Waals surface area contributed by atoms with Crippen molar-refractivity contribution >= 4 is 33.4 Å². The van der Waals surface area contributed by atoms with E-state index in [2.05, 4.69) is 15.3 Å². The fourth-order valence-electron chi connectivity index (χ4n) is 2.00. The number of primary sulfonamides is 1. The first kappa shape index (κ1) is 21.1. The highest BCUT2D eigenvalue weighted by Crippen LogP contribution is 2.28. The molecule has 1 amide bonds. The number of sulfonamides is 1. The van der Waals surface area contributed by atoms with Crippen LogP contribution in [0.25, 0.3) is 0 Å². The van der Waals surface area contributed by atoms with Crippen molar-refractivity contribution in [3.05, 3.63) is 41.2 Å². The van der Waals surface area contributed by atoms with Gasteiger partial charge < -0.3 is 5.32 Å². The molecule has 0 fully saturated rings. The summed E-state index contributed by atoms with van der Waals surface area (Å²) in [5.41, 5.74) is 0.379. The lowest BCUT2D eigenvalue weighted by Crippen LogP contribution is -2.18. The molecule has 27 heavy (non-hydrogen) atoms. The van der Waals surface area contributed by atoms with Gasteiger partial charge in [-0.15, -0.1) is 0 Å². The Morgan fingerprint density at radius 3 is 2.56 bits per heavy atom. The maximum absolute atomic E-state index is 12.6. The van der Waals surface area contributed by atoms with Gasteiger partial charge >= 0.3 is 6.18 Å². The van der Waals surface area contributed by atoms with Gasteiger partial charge in [-0.05, 0) is 43.2 Å². The first-order chi connectivity index (χ1) is 12.4. The van der Waals surface area contributed by atoms with E-state index < -0.39 is 27.8 Å². The van der Waals surface area contributed by atoms with Gasteiger partial charge in [-0.1, -0.05) is 11.8 Å². The van der Waals surface area contributed by atoms with Crippen molar-refractivity contribution in [1.29, 1.82) is 0 Å². The Labute approximate surface area is 157 Å². The standard InChI is InChI=1S/C15H15F3N4O3S2/c1-8-5-10(27(19,24)25)6-11(9(8)2)21-13(23)7-26-14-20-4-3-12(22-14)15(16,17)18/h3-6H,7H2,1-2H3,(H,21,23)(H2,19,24,25). The molecule has 0 saturated heterocycles. The molecule has 1 heterocycles. The van der Waals surface area contributed by atoms with Gasteiger partial charge in [-0.3, -0.25) is 4.79 Å². The molecule has 1 aromatic carbocycles. The Morgan fingerprint density at radius 1 is 1.30 bits per heavy atom. The third kappa shape index (κ3) is 5.65. The van der Waals surface area contributed by atoms with Crippen LogP contribution in [0.1, 0.15) is 16.8 Å². The first-order valence-electron chi connectivity index (χ1n) is 7.35. The van der Waals surface area contributed by atoms with Crippen LogP contribution < -0.4 is 10.5 Å². The summed E-state index contributed by atoms with van der Waals surface area (Å²) in [6.45, 7) is 3.34. The van der Waals surface area contributed by atoms with Crippen LogP contribution in [0.4, 0.5) is 18.9 Å². The van der Waals surface area contributed by atoms with Crippen molar-refractivity contribution in [1.82, 2.24) is 9.97 Å². The number of rotatable bonds is 5. The number of benzene rings is 1. The molecule has 7 nitrogen and oxygen atoms in total. The average molecular weight is 420 g/mol. The van der Waals surface area contributed by atoms with E-state index in [9.17, 15) is 26.4 Å². The molecule has 1 aromatic heterocycles. The topological polar surface area (TPSA) is 115 Å². The van der Waals surface area contributed by atoms with Gasteiger partial charge in [0.15, 0.2) is 5.16 Å². The Morgan fingerprint density at radius 2 is 1.96 bits per heavy atom. The highest BCUT2D eigenvalue weighted by Gasteiger charge is 2.32. The minimum Gasteiger partial charge on any atom is -0.325 e. The van der Waals surface area contributed by atoms with E-state index in [4.69, 9.17) is 5.14 Å². The SMILES string of the molecule is Cc1cc(S(N)(=O)=O)cc(NC(=O)CSc2nccc(C(F)(F)F)n2)c1C. The number of thioether (sulfide) groups is 1. The number of nitrogens with two attached hydrogens (primary N) is 1. The second kappa shape index (κ2) is 7.82. The summed E-state index contributed by atoms with van der Waals surface area (Å²) < 4.78 is 60.9. The largest absolute Gasteiger partial charge is 0.433 e. The summed E-state index contributed by atoms with van der Waals surface area (Å²) in [6.07, 6.45) is -3.65. The fourth-order valence-corrected chi connectivity index (χ4v) is 3.26. The zero-order valence-corrected chi connectivity index (χ0v) is 15.8. The van der Waals surface area contributed by atoms with Gasteiger partial charge in [0.2, 0.25) is 15.9 Å². The molecule has 12 heteroatoms. The predicted octanol–water partition coefficient (Wildman–Crippen LogP) is 2.49. The average Bonchev–Trinajstić information content (AvgIpc) is 2.55. The Kier molecular flexibility index (Phi) is 6.12. The van der Waals surface area contributed by atoms with Crippen LogP contribution >= 0.6 is 11.8 Å². The van der Waals surface area contributed by atoms with E-state index in [0.717, 1.165) is 24.0 Å². The Hall–Kier alpha value is -2.18. The number of hydrogen-bond donors (Lipinski definition) is 2. The molecule has 2 aromatic rings. The third-order valence-corrected chi connectivity index (χ3v) is 5.25. The highest BCUT2D eigenvalue weighted by atomic mass is 32.2. The molecule has 3 N–H and O–H groups in total. The summed E-state index contributed by atoms with van der Waals surface area (Å²) >= 11 is 0.721. The lowest BCUT2D eigenvalue weighted by molar-refractivity contribution is -0.141. The molecule has 0 radical (unpaired) electrons. The van der Waals surface area contributed by atoms with Crippen LogP contribution in [-0.4, -0.2) is 30.0 Å². The molecular weight excluding hydrogens is 405 g/mol. The van der Waals surface area contributed by atoms with Crippen LogP contribution in [0.15, 0.2) is 34.4 Å². The maximum Gasteiger partial charge on any atom is 0.433 e. The van der Waals surface area contributed by atoms with Crippen LogP contribution in [0.2, 0.25) is 0 Å². The number of aromatic nitrogens is 2. The molecule has 0 atom stereocenters. The van der Waals surface area contributed by atoms with Crippen LogP contribution in [-0.2, 0) is 21.0 Å². The lowest BCUT2D eigenvalue weighted by Gasteiger charge is -2.12. The summed E-state index contributed by atoms with van der Waals surface area (Å²) in [5, 5.41) is 7.42. The number of nitrogens with one attached hydrogen (secondary N) is 1. The van der Waals surface area contributed by atoms with Gasteiger partial charge in [0.1, 0.15) is 5.69 Å². The molecule has 0 bridgehead atoms. The van der Waals surface area contributed by atoms with E-state index in [1.807, 2.05) is 0 Å². The summed E-state index contributed by atoms with van der Waals surface area (Å²) in [4.78, 5) is 19.0. The smallest absolute Gasteiger partial charge is 0.325 e. The highest BCUT2D eigenvalue weighted by molar-refractivity contribution is 7.99. The second-order valence-electron chi connectivity index (χ2n) is 5.52. The molecule has 0 aliphatic heterocycles. The van der Waals surface area contributed by atoms with Gasteiger partial charge in [-0.25, -0.2) is 23.5 Å². The van der Waals surface area contributed by atoms with Crippen molar-refractivity contribution in [2.24, 2.45) is 5.14 Å². The normalized spacial score (nSPS) is 12.1. The monoisotopic (exact) mass is 420 g/mol. The van der Waals surface area contributed by atoms with E-state index in [0.29, 0.717) is 11.1 Å². The van der Waals surface area contributed by atoms with E-state index >= 15 is 0 Å². The molecule has 0 saturated carbocycles. The first-order valence-corrected chi connectivity index (χ1v) is 9.88. The Balaban J connectivity index is 2.12. The molecule has 0 spiro atoms. The molecule has 0 aliphatic carbocycles. The van der Waals surface area contributed by atoms with Gasteiger partial charge in [0, 0.05) is 11.9 Å². The zero-order valence-electron chi connectivity index (χ0n) is 14.2. The minimum absolute atomic E-state index is 0.158. The zero-order chi connectivity index (χ0) is 20.4. The van der Waals surface area contributed by atoms with Crippen LogP contribution in [0.3, 0.4) is 0 Å². The number of nitrogens with zero attached hydrogens (tertiary/aromatic N) is 2. The van der Waals surface area contributed by atoms with Crippen molar-refractivity contribution in [3.8, 4) is 0 Å². The van der Waals surface area contributed by atoms with Gasteiger partial charge in [0.25, 0.3) is 0 Å². The van der Waals surface area contributed by atoms with E-state index in [1.165, 1.54) is 12.1 Å². The van der Waals surface area contributed by atoms with Crippen LogP contribution in [0.5, 0.6) is 0 Å². The molecule has 0 aliphatic rings. The second-order valence-corrected chi connectivity index (χ2v) is 8.02.